The van der Waals surface area contributed by atoms with Gasteiger partial charge in [0.1, 0.15) is 23.1 Å². The highest BCUT2D eigenvalue weighted by Gasteiger charge is 2.39. The normalized spacial score (nSPS) is 11.1. The average Bonchev–Trinajstić information content (AvgIpc) is 2.40. The summed E-state index contributed by atoms with van der Waals surface area (Å²) in [5.74, 6) is -2.85. The number of halogens is 4. The first-order valence-electron chi connectivity index (χ1n) is 5.83. The van der Waals surface area contributed by atoms with Gasteiger partial charge in [-0.1, -0.05) is 0 Å². The van der Waals surface area contributed by atoms with E-state index in [2.05, 4.69) is 4.98 Å². The maximum Gasteiger partial charge on any atom is 0.471 e. The van der Waals surface area contributed by atoms with Crippen molar-refractivity contribution in [3.63, 3.8) is 0 Å². The lowest BCUT2D eigenvalue weighted by molar-refractivity contribution is -0.167. The standard InChI is InChI=1S/C13H9F4N3O2/c14-9-5-7(22-8-3-4-19-11(18)6-8)1-2-10(9)20-12(21)13(15,16)17/h1-6H,(H2,18,19)(H,20,21). The van der Waals surface area contributed by atoms with Crippen LogP contribution in [0.25, 0.3) is 0 Å². The minimum Gasteiger partial charge on any atom is -0.457 e. The largest absolute Gasteiger partial charge is 0.471 e. The molecular weight excluding hydrogens is 306 g/mol. The third kappa shape index (κ3) is 3.84. The molecule has 0 fully saturated rings. The molecule has 0 unspecified atom stereocenters. The van der Waals surface area contributed by atoms with Gasteiger partial charge in [0.05, 0.1) is 5.69 Å². The van der Waals surface area contributed by atoms with Crippen LogP contribution in [0.15, 0.2) is 36.5 Å². The van der Waals surface area contributed by atoms with E-state index in [-0.39, 0.29) is 17.3 Å². The van der Waals surface area contributed by atoms with Gasteiger partial charge in [-0.25, -0.2) is 9.37 Å². The number of carbonyl (C=O) groups is 1. The predicted octanol–water partition coefficient (Wildman–Crippen LogP) is 3.10. The van der Waals surface area contributed by atoms with Crippen molar-refractivity contribution >= 4 is 17.4 Å². The van der Waals surface area contributed by atoms with Gasteiger partial charge in [-0.2, -0.15) is 13.2 Å². The smallest absolute Gasteiger partial charge is 0.457 e. The molecule has 5 nitrogen and oxygen atoms in total. The fourth-order valence-electron chi connectivity index (χ4n) is 1.48. The van der Waals surface area contributed by atoms with Crippen LogP contribution in [-0.4, -0.2) is 17.1 Å². The zero-order valence-corrected chi connectivity index (χ0v) is 10.8. The number of amides is 1. The Labute approximate surface area is 121 Å². The second-order valence-electron chi connectivity index (χ2n) is 4.11. The number of hydrogen-bond acceptors (Lipinski definition) is 4. The molecule has 3 N–H and O–H groups in total. The van der Waals surface area contributed by atoms with Crippen LogP contribution < -0.4 is 15.8 Å². The summed E-state index contributed by atoms with van der Waals surface area (Å²) in [5.41, 5.74) is 4.84. The van der Waals surface area contributed by atoms with Crippen LogP contribution in [0.1, 0.15) is 0 Å². The molecule has 0 aliphatic heterocycles. The molecule has 9 heteroatoms. The Morgan fingerprint density at radius 1 is 1.18 bits per heavy atom. The molecule has 0 aliphatic rings. The summed E-state index contributed by atoms with van der Waals surface area (Å²) >= 11 is 0. The fraction of sp³-hybridized carbons (Fsp3) is 0.0769. The van der Waals surface area contributed by atoms with E-state index in [0.29, 0.717) is 0 Å². The van der Waals surface area contributed by atoms with Crippen molar-refractivity contribution in [1.29, 1.82) is 0 Å². The number of hydrogen-bond donors (Lipinski definition) is 2. The molecule has 0 radical (unpaired) electrons. The van der Waals surface area contributed by atoms with Crippen molar-refractivity contribution in [3.8, 4) is 11.5 Å². The van der Waals surface area contributed by atoms with E-state index >= 15 is 0 Å². The minimum absolute atomic E-state index is 0.0214. The highest BCUT2D eigenvalue weighted by molar-refractivity contribution is 5.95. The van der Waals surface area contributed by atoms with E-state index in [1.165, 1.54) is 29.7 Å². The number of ether oxygens (including phenoxy) is 1. The molecule has 2 aromatic rings. The third-order valence-electron chi connectivity index (χ3n) is 2.43. The van der Waals surface area contributed by atoms with E-state index in [9.17, 15) is 22.4 Å². The monoisotopic (exact) mass is 315 g/mol. The Hall–Kier alpha value is -2.84. The first-order chi connectivity index (χ1) is 10.3. The van der Waals surface area contributed by atoms with Crippen molar-refractivity contribution in [2.75, 3.05) is 11.1 Å². The lowest BCUT2D eigenvalue weighted by Gasteiger charge is -2.10. The molecule has 0 bridgehead atoms. The van der Waals surface area contributed by atoms with Crippen LogP contribution in [0, 0.1) is 5.82 Å². The maximum absolute atomic E-state index is 13.7. The number of pyridine rings is 1. The average molecular weight is 315 g/mol. The van der Waals surface area contributed by atoms with E-state index in [1.807, 2.05) is 0 Å². The Kier molecular flexibility index (Phi) is 4.15. The number of benzene rings is 1. The Morgan fingerprint density at radius 2 is 1.86 bits per heavy atom. The van der Waals surface area contributed by atoms with E-state index in [1.54, 1.807) is 0 Å². The van der Waals surface area contributed by atoms with E-state index < -0.39 is 23.6 Å². The number of aromatic nitrogens is 1. The molecule has 0 aliphatic carbocycles. The summed E-state index contributed by atoms with van der Waals surface area (Å²) in [5, 5.41) is 1.43. The van der Waals surface area contributed by atoms with Crippen molar-refractivity contribution in [1.82, 2.24) is 4.98 Å². The van der Waals surface area contributed by atoms with Gasteiger partial charge in [0.25, 0.3) is 0 Å². The molecule has 116 valence electrons. The van der Waals surface area contributed by atoms with Crippen molar-refractivity contribution in [3.05, 3.63) is 42.3 Å². The highest BCUT2D eigenvalue weighted by Crippen LogP contribution is 2.27. The molecule has 0 saturated heterocycles. The molecular formula is C13H9F4N3O2. The lowest BCUT2D eigenvalue weighted by Crippen LogP contribution is -2.30. The first-order valence-corrected chi connectivity index (χ1v) is 5.83. The molecule has 1 heterocycles. The summed E-state index contributed by atoms with van der Waals surface area (Å²) in [6, 6.07) is 5.85. The summed E-state index contributed by atoms with van der Waals surface area (Å²) in [7, 11) is 0. The predicted molar refractivity (Wildman–Crippen MR) is 69.8 cm³/mol. The molecule has 1 aromatic carbocycles. The number of nitrogens with zero attached hydrogens (tertiary/aromatic N) is 1. The zero-order chi connectivity index (χ0) is 16.3. The first kappa shape index (κ1) is 15.5. The highest BCUT2D eigenvalue weighted by atomic mass is 19.4. The van der Waals surface area contributed by atoms with Crippen molar-refractivity contribution in [2.24, 2.45) is 0 Å². The van der Waals surface area contributed by atoms with E-state index in [4.69, 9.17) is 10.5 Å². The van der Waals surface area contributed by atoms with Gasteiger partial charge in [-0.15, -0.1) is 0 Å². The number of nitrogens with two attached hydrogens (primary N) is 1. The van der Waals surface area contributed by atoms with Gasteiger partial charge in [0.15, 0.2) is 0 Å². The van der Waals surface area contributed by atoms with Gasteiger partial charge in [0.2, 0.25) is 0 Å². The number of nitrogen functional groups attached to an aromatic ring is 1. The summed E-state index contributed by atoms with van der Waals surface area (Å²) in [6.45, 7) is 0. The van der Waals surface area contributed by atoms with E-state index in [0.717, 1.165) is 12.1 Å². The number of carbonyl (C=O) groups excluding carboxylic acids is 1. The van der Waals surface area contributed by atoms with Gasteiger partial charge in [0, 0.05) is 18.3 Å². The summed E-state index contributed by atoms with van der Waals surface area (Å²) < 4.78 is 55.2. The number of anilines is 2. The molecule has 2 rings (SSSR count). The molecule has 1 aromatic heterocycles. The van der Waals surface area contributed by atoms with Crippen LogP contribution in [-0.2, 0) is 4.79 Å². The number of nitrogens with one attached hydrogen (secondary N) is 1. The molecule has 1 amide bonds. The topological polar surface area (TPSA) is 77.2 Å². The number of alkyl halides is 3. The SMILES string of the molecule is Nc1cc(Oc2ccc(NC(=O)C(F)(F)F)c(F)c2)ccn1. The van der Waals surface area contributed by atoms with Crippen molar-refractivity contribution in [2.45, 2.75) is 6.18 Å². The summed E-state index contributed by atoms with van der Waals surface area (Å²) in [4.78, 5) is 14.5. The van der Waals surface area contributed by atoms with Crippen LogP contribution in [0.5, 0.6) is 11.5 Å². The van der Waals surface area contributed by atoms with Crippen LogP contribution in [0.4, 0.5) is 29.1 Å². The quantitative estimate of drug-likeness (QED) is 0.853. The third-order valence-corrected chi connectivity index (χ3v) is 2.43. The van der Waals surface area contributed by atoms with Gasteiger partial charge >= 0.3 is 12.1 Å². The Morgan fingerprint density at radius 3 is 2.45 bits per heavy atom. The lowest BCUT2D eigenvalue weighted by atomic mass is 10.2. The molecule has 0 saturated carbocycles. The van der Waals surface area contributed by atoms with Crippen molar-refractivity contribution < 1.29 is 27.1 Å². The second-order valence-corrected chi connectivity index (χ2v) is 4.11. The fourth-order valence-corrected chi connectivity index (χ4v) is 1.48. The maximum atomic E-state index is 13.7. The van der Waals surface area contributed by atoms with Gasteiger partial charge in [-0.3, -0.25) is 4.79 Å². The minimum atomic E-state index is -5.10. The molecule has 0 atom stereocenters. The summed E-state index contributed by atoms with van der Waals surface area (Å²) in [6.07, 6.45) is -3.73. The Balaban J connectivity index is 2.14. The zero-order valence-electron chi connectivity index (χ0n) is 10.8. The van der Waals surface area contributed by atoms with Gasteiger partial charge < -0.3 is 15.8 Å². The second kappa shape index (κ2) is 5.88. The van der Waals surface area contributed by atoms with Crippen LogP contribution >= 0.6 is 0 Å². The number of rotatable bonds is 3. The molecule has 0 spiro atoms. The van der Waals surface area contributed by atoms with Crippen LogP contribution in [0.2, 0.25) is 0 Å². The molecule has 22 heavy (non-hydrogen) atoms. The van der Waals surface area contributed by atoms with Crippen LogP contribution in [0.3, 0.4) is 0 Å². The Bertz CT molecular complexity index is 704. The van der Waals surface area contributed by atoms with Gasteiger partial charge in [-0.05, 0) is 18.2 Å².